The van der Waals surface area contributed by atoms with E-state index in [0.717, 1.165) is 29.2 Å². The van der Waals surface area contributed by atoms with Gasteiger partial charge in [-0.15, -0.1) is 0 Å². The van der Waals surface area contributed by atoms with Gasteiger partial charge in [0, 0.05) is 25.6 Å². The highest BCUT2D eigenvalue weighted by Crippen LogP contribution is 2.06. The average molecular weight is 265 g/mol. The average Bonchev–Trinajstić information content (AvgIpc) is 2.40. The van der Waals surface area contributed by atoms with Crippen LogP contribution in [0.2, 0.25) is 6.04 Å². The van der Waals surface area contributed by atoms with Gasteiger partial charge in [0.1, 0.15) is 15.4 Å². The maximum absolute atomic E-state index is 5.53. The maximum Gasteiger partial charge on any atom is 0.137 e. The molecule has 0 amide bonds. The lowest BCUT2D eigenvalue weighted by molar-refractivity contribution is -0.0827. The molecule has 0 atom stereocenters. The Kier molecular flexibility index (Phi) is 8.72. The predicted octanol–water partition coefficient (Wildman–Crippen LogP) is 2.88. The van der Waals surface area contributed by atoms with E-state index in [1.165, 1.54) is 24.4 Å². The Hall–Kier alpha value is -0.713. The summed E-state index contributed by atoms with van der Waals surface area (Å²) in [6.07, 6.45) is 7.32. The van der Waals surface area contributed by atoms with Gasteiger partial charge in [0.05, 0.1) is 0 Å². The number of aryl methyl sites for hydroxylation is 1. The molecule has 1 heterocycles. The standard InChI is InChI=1S/C14H23NO2Si/c1-3-16-14(17-4-2)18-11-6-5-8-13-9-7-10-15-12-13/h7,9-10,12,14H,3-6,8,11H2,1-2H3. The summed E-state index contributed by atoms with van der Waals surface area (Å²) in [5.74, 6) is 0.0124. The number of nitrogens with zero attached hydrogens (tertiary/aromatic N) is 1. The molecule has 2 radical (unpaired) electrons. The van der Waals surface area contributed by atoms with Gasteiger partial charge in [-0.05, 0) is 38.3 Å². The number of hydrogen-bond donors (Lipinski definition) is 0. The van der Waals surface area contributed by atoms with Crippen molar-refractivity contribution in [2.75, 3.05) is 13.2 Å². The molecule has 0 spiro atoms. The van der Waals surface area contributed by atoms with E-state index < -0.39 is 0 Å². The SMILES string of the molecule is CCOC(OCC)[Si]CCCCc1cccnc1. The van der Waals surface area contributed by atoms with E-state index in [0.29, 0.717) is 0 Å². The lowest BCUT2D eigenvalue weighted by atomic mass is 10.1. The highest BCUT2D eigenvalue weighted by Gasteiger charge is 2.08. The van der Waals surface area contributed by atoms with Crippen LogP contribution in [0.15, 0.2) is 24.5 Å². The van der Waals surface area contributed by atoms with Crippen LogP contribution in [0.25, 0.3) is 0 Å². The summed E-state index contributed by atoms with van der Waals surface area (Å²) in [4.78, 5) is 4.12. The van der Waals surface area contributed by atoms with Gasteiger partial charge in [0.15, 0.2) is 0 Å². The van der Waals surface area contributed by atoms with Crippen molar-refractivity contribution in [2.45, 2.75) is 45.1 Å². The second kappa shape index (κ2) is 10.2. The minimum absolute atomic E-state index is 0.0124. The number of pyridine rings is 1. The summed E-state index contributed by atoms with van der Waals surface area (Å²) in [5.41, 5.74) is 1.33. The first kappa shape index (κ1) is 15.3. The first-order valence-corrected chi connectivity index (χ1v) is 8.00. The van der Waals surface area contributed by atoms with E-state index in [2.05, 4.69) is 11.1 Å². The molecule has 0 aliphatic heterocycles. The van der Waals surface area contributed by atoms with E-state index in [4.69, 9.17) is 9.47 Å². The second-order valence-electron chi connectivity index (χ2n) is 4.02. The minimum Gasteiger partial charge on any atom is -0.357 e. The smallest absolute Gasteiger partial charge is 0.137 e. The van der Waals surface area contributed by atoms with Crippen LogP contribution in [-0.4, -0.2) is 33.6 Å². The third-order valence-electron chi connectivity index (χ3n) is 2.56. The van der Waals surface area contributed by atoms with Gasteiger partial charge in [-0.3, -0.25) is 4.98 Å². The molecule has 1 aromatic rings. The molecule has 0 bridgehead atoms. The van der Waals surface area contributed by atoms with Crippen LogP contribution in [0, 0.1) is 0 Å². The van der Waals surface area contributed by atoms with E-state index in [9.17, 15) is 0 Å². The fourth-order valence-electron chi connectivity index (χ4n) is 1.69. The van der Waals surface area contributed by atoms with Crippen molar-refractivity contribution in [3.63, 3.8) is 0 Å². The maximum atomic E-state index is 5.53. The number of hydrogen-bond acceptors (Lipinski definition) is 3. The lowest BCUT2D eigenvalue weighted by Crippen LogP contribution is -2.24. The Morgan fingerprint density at radius 3 is 2.61 bits per heavy atom. The molecule has 0 aliphatic rings. The summed E-state index contributed by atoms with van der Waals surface area (Å²) >= 11 is 0. The van der Waals surface area contributed by atoms with Crippen LogP contribution in [0.1, 0.15) is 32.3 Å². The Balaban J connectivity index is 2.06. The fraction of sp³-hybridized carbons (Fsp3) is 0.643. The van der Waals surface area contributed by atoms with Crippen LogP contribution < -0.4 is 0 Å². The van der Waals surface area contributed by atoms with Crippen molar-refractivity contribution in [1.82, 2.24) is 4.98 Å². The third-order valence-corrected chi connectivity index (χ3v) is 3.87. The summed E-state index contributed by atoms with van der Waals surface area (Å²) in [6.45, 7) is 5.48. The van der Waals surface area contributed by atoms with Crippen LogP contribution in [-0.2, 0) is 15.9 Å². The summed E-state index contributed by atoms with van der Waals surface area (Å²) in [6, 6.07) is 5.32. The largest absolute Gasteiger partial charge is 0.357 e. The molecule has 1 aromatic heterocycles. The molecule has 4 heteroatoms. The number of aromatic nitrogens is 1. The van der Waals surface area contributed by atoms with Crippen molar-refractivity contribution >= 4 is 9.52 Å². The molecule has 0 N–H and O–H groups in total. The zero-order valence-electron chi connectivity index (χ0n) is 11.4. The van der Waals surface area contributed by atoms with Crippen molar-refractivity contribution < 1.29 is 9.47 Å². The molecule has 0 unspecified atom stereocenters. The zero-order valence-corrected chi connectivity index (χ0v) is 12.4. The van der Waals surface area contributed by atoms with Crippen LogP contribution in [0.3, 0.4) is 0 Å². The Bertz CT molecular complexity index is 289. The van der Waals surface area contributed by atoms with Crippen molar-refractivity contribution in [3.8, 4) is 0 Å². The lowest BCUT2D eigenvalue weighted by Gasteiger charge is -2.15. The van der Waals surface area contributed by atoms with Gasteiger partial charge in [0.25, 0.3) is 0 Å². The van der Waals surface area contributed by atoms with Gasteiger partial charge in [-0.2, -0.15) is 0 Å². The van der Waals surface area contributed by atoms with Gasteiger partial charge >= 0.3 is 0 Å². The molecule has 1 rings (SSSR count). The number of rotatable bonds is 10. The third kappa shape index (κ3) is 6.89. The first-order chi connectivity index (χ1) is 8.86. The molecule has 0 fully saturated rings. The summed E-state index contributed by atoms with van der Waals surface area (Å²) in [7, 11) is 0.744. The van der Waals surface area contributed by atoms with Gasteiger partial charge in [-0.1, -0.05) is 18.5 Å². The monoisotopic (exact) mass is 265 g/mol. The second-order valence-corrected chi connectivity index (χ2v) is 5.39. The molecule has 100 valence electrons. The first-order valence-electron chi connectivity index (χ1n) is 6.72. The molecule has 0 aliphatic carbocycles. The highest BCUT2D eigenvalue weighted by molar-refractivity contribution is 6.36. The minimum atomic E-state index is 0.0124. The number of unbranched alkanes of at least 4 members (excludes halogenated alkanes) is 1. The van der Waals surface area contributed by atoms with E-state index in [1.807, 2.05) is 32.3 Å². The summed E-state index contributed by atoms with van der Waals surface area (Å²) in [5, 5.41) is 0. The van der Waals surface area contributed by atoms with Crippen molar-refractivity contribution in [1.29, 1.82) is 0 Å². The van der Waals surface area contributed by atoms with Gasteiger partial charge in [0.2, 0.25) is 0 Å². The van der Waals surface area contributed by atoms with Crippen molar-refractivity contribution in [2.24, 2.45) is 0 Å². The Morgan fingerprint density at radius 2 is 2.00 bits per heavy atom. The van der Waals surface area contributed by atoms with Crippen molar-refractivity contribution in [3.05, 3.63) is 30.1 Å². The highest BCUT2D eigenvalue weighted by atomic mass is 28.2. The Labute approximate surface area is 113 Å². The Morgan fingerprint density at radius 1 is 1.22 bits per heavy atom. The van der Waals surface area contributed by atoms with Crippen LogP contribution in [0.5, 0.6) is 0 Å². The molecule has 18 heavy (non-hydrogen) atoms. The molecular weight excluding hydrogens is 242 g/mol. The fourth-order valence-corrected chi connectivity index (χ4v) is 2.95. The van der Waals surface area contributed by atoms with E-state index in [1.54, 1.807) is 0 Å². The van der Waals surface area contributed by atoms with Gasteiger partial charge in [-0.25, -0.2) is 0 Å². The predicted molar refractivity (Wildman–Crippen MR) is 74.8 cm³/mol. The molecule has 0 saturated heterocycles. The number of ether oxygens (including phenoxy) is 2. The normalized spacial score (nSPS) is 11.1. The zero-order chi connectivity index (χ0) is 13.1. The molecule has 0 saturated carbocycles. The van der Waals surface area contributed by atoms with E-state index in [-0.39, 0.29) is 5.91 Å². The quantitative estimate of drug-likeness (QED) is 0.370. The van der Waals surface area contributed by atoms with Gasteiger partial charge < -0.3 is 9.47 Å². The topological polar surface area (TPSA) is 31.4 Å². The molecular formula is C14H23NO2Si. The van der Waals surface area contributed by atoms with Crippen LogP contribution >= 0.6 is 0 Å². The van der Waals surface area contributed by atoms with E-state index >= 15 is 0 Å². The molecule has 3 nitrogen and oxygen atoms in total. The summed E-state index contributed by atoms with van der Waals surface area (Å²) < 4.78 is 11.1. The molecule has 0 aromatic carbocycles. The van der Waals surface area contributed by atoms with Crippen LogP contribution in [0.4, 0.5) is 0 Å².